The number of rotatable bonds is 5. The van der Waals surface area contributed by atoms with Gasteiger partial charge in [0.25, 0.3) is 0 Å². The van der Waals surface area contributed by atoms with Crippen molar-refractivity contribution in [1.82, 2.24) is 10.6 Å². The first kappa shape index (κ1) is 12.6. The minimum Gasteiger partial charge on any atom is -0.358 e. The van der Waals surface area contributed by atoms with Crippen molar-refractivity contribution in [2.24, 2.45) is 0 Å². The summed E-state index contributed by atoms with van der Waals surface area (Å²) < 4.78 is 12.6. The first-order chi connectivity index (χ1) is 7.63. The van der Waals surface area contributed by atoms with Crippen molar-refractivity contribution in [3.8, 4) is 0 Å². The number of carbonyl (C=O) groups excluding carboxylic acids is 1. The Balaban J connectivity index is 2.30. The fourth-order valence-corrected chi connectivity index (χ4v) is 1.39. The summed E-state index contributed by atoms with van der Waals surface area (Å²) in [6, 6.07) is 6.18. The van der Waals surface area contributed by atoms with Crippen LogP contribution >= 0.6 is 0 Å². The number of nitrogens with one attached hydrogen (secondary N) is 2. The maximum Gasteiger partial charge on any atom is 0.236 e. The van der Waals surface area contributed by atoms with Crippen molar-refractivity contribution in [3.63, 3.8) is 0 Å². The maximum absolute atomic E-state index is 12.6. The zero-order valence-electron chi connectivity index (χ0n) is 9.59. The minimum atomic E-state index is -0.226. The Morgan fingerprint density at radius 2 is 2.00 bits per heavy atom. The lowest BCUT2D eigenvalue weighted by Crippen LogP contribution is -2.41. The van der Waals surface area contributed by atoms with Crippen LogP contribution in [0, 0.1) is 5.82 Å². The van der Waals surface area contributed by atoms with Crippen molar-refractivity contribution in [1.29, 1.82) is 0 Å². The zero-order chi connectivity index (χ0) is 12.0. The fraction of sp³-hybridized carbons (Fsp3) is 0.417. The van der Waals surface area contributed by atoms with Gasteiger partial charge in [0, 0.05) is 7.05 Å². The molecule has 0 fully saturated rings. The van der Waals surface area contributed by atoms with Gasteiger partial charge in [-0.1, -0.05) is 12.1 Å². The third-order valence-electron chi connectivity index (χ3n) is 2.42. The van der Waals surface area contributed by atoms with Crippen LogP contribution in [0.3, 0.4) is 0 Å². The van der Waals surface area contributed by atoms with Crippen molar-refractivity contribution in [3.05, 3.63) is 35.6 Å². The predicted molar refractivity (Wildman–Crippen MR) is 61.6 cm³/mol. The Bertz CT molecular complexity index is 337. The molecule has 2 N–H and O–H groups in total. The molecule has 0 spiro atoms. The summed E-state index contributed by atoms with van der Waals surface area (Å²) in [6.07, 6.45) is 0.779. The van der Waals surface area contributed by atoms with Gasteiger partial charge in [0.1, 0.15) is 5.82 Å². The molecule has 1 amide bonds. The van der Waals surface area contributed by atoms with Gasteiger partial charge in [-0.15, -0.1) is 0 Å². The second-order valence-corrected chi connectivity index (χ2v) is 3.67. The lowest BCUT2D eigenvalue weighted by atomic mass is 10.1. The number of hydrogen-bond donors (Lipinski definition) is 2. The molecule has 0 radical (unpaired) electrons. The average molecular weight is 224 g/mol. The van der Waals surface area contributed by atoms with E-state index in [9.17, 15) is 9.18 Å². The van der Waals surface area contributed by atoms with Gasteiger partial charge in [0.15, 0.2) is 0 Å². The zero-order valence-corrected chi connectivity index (χ0v) is 9.59. The highest BCUT2D eigenvalue weighted by Gasteiger charge is 2.08. The highest BCUT2D eigenvalue weighted by atomic mass is 19.1. The van der Waals surface area contributed by atoms with E-state index in [1.54, 1.807) is 19.2 Å². The number of amides is 1. The lowest BCUT2D eigenvalue weighted by molar-refractivity contribution is -0.122. The number of hydrogen-bond acceptors (Lipinski definition) is 2. The summed E-state index contributed by atoms with van der Waals surface area (Å²) in [5.74, 6) is -0.255. The van der Waals surface area contributed by atoms with Gasteiger partial charge in [-0.2, -0.15) is 0 Å². The van der Waals surface area contributed by atoms with Crippen molar-refractivity contribution >= 4 is 5.91 Å². The van der Waals surface area contributed by atoms with E-state index in [2.05, 4.69) is 10.6 Å². The highest BCUT2D eigenvalue weighted by molar-refractivity contribution is 5.80. The molecule has 0 aliphatic heterocycles. The first-order valence-corrected chi connectivity index (χ1v) is 5.33. The number of benzene rings is 1. The van der Waals surface area contributed by atoms with Crippen LogP contribution in [-0.2, 0) is 11.2 Å². The molecular weight excluding hydrogens is 207 g/mol. The molecule has 0 aliphatic rings. The van der Waals surface area contributed by atoms with Crippen molar-refractivity contribution in [2.75, 3.05) is 13.6 Å². The number of likely N-dealkylation sites (N-methyl/N-ethyl adjacent to an activating group) is 1. The van der Waals surface area contributed by atoms with Crippen LogP contribution in [0.15, 0.2) is 24.3 Å². The molecule has 0 saturated carbocycles. The van der Waals surface area contributed by atoms with Crippen LogP contribution in [0.2, 0.25) is 0 Å². The van der Waals surface area contributed by atoms with Gasteiger partial charge in [-0.25, -0.2) is 4.39 Å². The van der Waals surface area contributed by atoms with E-state index in [1.807, 2.05) is 6.92 Å². The van der Waals surface area contributed by atoms with Crippen LogP contribution < -0.4 is 10.6 Å². The summed E-state index contributed by atoms with van der Waals surface area (Å²) >= 11 is 0. The molecule has 4 heteroatoms. The Morgan fingerprint density at radius 1 is 1.38 bits per heavy atom. The van der Waals surface area contributed by atoms with Crippen LogP contribution in [-0.4, -0.2) is 25.5 Å². The molecule has 0 aliphatic carbocycles. The van der Waals surface area contributed by atoms with Crippen LogP contribution in [0.25, 0.3) is 0 Å². The maximum atomic E-state index is 12.6. The van der Waals surface area contributed by atoms with Gasteiger partial charge < -0.3 is 10.6 Å². The monoisotopic (exact) mass is 224 g/mol. The van der Waals surface area contributed by atoms with Crippen LogP contribution in [0.1, 0.15) is 12.5 Å². The van der Waals surface area contributed by atoms with Crippen molar-refractivity contribution < 1.29 is 9.18 Å². The molecule has 0 aromatic heterocycles. The molecule has 1 unspecified atom stereocenters. The van der Waals surface area contributed by atoms with Crippen LogP contribution in [0.4, 0.5) is 4.39 Å². The molecule has 3 nitrogen and oxygen atoms in total. The first-order valence-electron chi connectivity index (χ1n) is 5.33. The minimum absolute atomic E-state index is 0.0286. The Kier molecular flexibility index (Phi) is 4.92. The molecule has 1 aromatic carbocycles. The summed E-state index contributed by atoms with van der Waals surface area (Å²) in [7, 11) is 1.61. The van der Waals surface area contributed by atoms with E-state index in [0.717, 1.165) is 12.0 Å². The molecule has 16 heavy (non-hydrogen) atoms. The van der Waals surface area contributed by atoms with Crippen molar-refractivity contribution in [2.45, 2.75) is 19.4 Å². The number of halogens is 1. The molecule has 0 saturated heterocycles. The number of carbonyl (C=O) groups is 1. The normalized spacial score (nSPS) is 12.2. The molecule has 1 atom stereocenters. The lowest BCUT2D eigenvalue weighted by Gasteiger charge is -2.11. The van der Waals surface area contributed by atoms with Gasteiger partial charge >= 0.3 is 0 Å². The largest absolute Gasteiger partial charge is 0.358 e. The molecule has 1 aromatic rings. The summed E-state index contributed by atoms with van der Waals surface area (Å²) in [6.45, 7) is 2.50. The van der Waals surface area contributed by atoms with E-state index in [-0.39, 0.29) is 17.8 Å². The van der Waals surface area contributed by atoms with E-state index in [1.165, 1.54) is 12.1 Å². The SMILES string of the molecule is CNC(=O)C(C)NCCc1ccc(F)cc1. The standard InChI is InChI=1S/C12H17FN2O/c1-9(12(16)14-2)15-8-7-10-3-5-11(13)6-4-10/h3-6,9,15H,7-8H2,1-2H3,(H,14,16). The fourth-order valence-electron chi connectivity index (χ4n) is 1.39. The van der Waals surface area contributed by atoms with Gasteiger partial charge in [-0.05, 0) is 37.6 Å². The Labute approximate surface area is 95.0 Å². The van der Waals surface area contributed by atoms with E-state index < -0.39 is 0 Å². The summed E-state index contributed by atoms with van der Waals surface area (Å²) in [4.78, 5) is 11.2. The molecule has 0 heterocycles. The third-order valence-corrected chi connectivity index (χ3v) is 2.42. The average Bonchev–Trinajstić information content (AvgIpc) is 2.30. The Morgan fingerprint density at radius 3 is 2.56 bits per heavy atom. The van der Waals surface area contributed by atoms with Crippen LogP contribution in [0.5, 0.6) is 0 Å². The smallest absolute Gasteiger partial charge is 0.236 e. The topological polar surface area (TPSA) is 41.1 Å². The molecule has 1 rings (SSSR count). The predicted octanol–water partition coefficient (Wildman–Crippen LogP) is 1.09. The second kappa shape index (κ2) is 6.23. The van der Waals surface area contributed by atoms with E-state index in [0.29, 0.717) is 6.54 Å². The Hall–Kier alpha value is -1.42. The second-order valence-electron chi connectivity index (χ2n) is 3.67. The quantitative estimate of drug-likeness (QED) is 0.786. The molecular formula is C12H17FN2O. The van der Waals surface area contributed by atoms with E-state index in [4.69, 9.17) is 0 Å². The van der Waals surface area contributed by atoms with Gasteiger partial charge in [-0.3, -0.25) is 4.79 Å². The van der Waals surface area contributed by atoms with Gasteiger partial charge in [0.2, 0.25) is 5.91 Å². The third kappa shape index (κ3) is 3.98. The molecule has 88 valence electrons. The van der Waals surface area contributed by atoms with E-state index >= 15 is 0 Å². The summed E-state index contributed by atoms with van der Waals surface area (Å²) in [5, 5.41) is 5.66. The molecule has 0 bridgehead atoms. The van der Waals surface area contributed by atoms with Gasteiger partial charge in [0.05, 0.1) is 6.04 Å². The highest BCUT2D eigenvalue weighted by Crippen LogP contribution is 2.02. The summed E-state index contributed by atoms with van der Waals surface area (Å²) in [5.41, 5.74) is 1.05.